The molecule has 0 bridgehead atoms. The minimum atomic E-state index is -0.350. The van der Waals surface area contributed by atoms with Gasteiger partial charge in [0.05, 0.1) is 11.5 Å². The SMILES string of the molecule is CCC(CC)(CN)C(=O)N1CCC(OCC2CCCC2)CC1.Cl. The van der Waals surface area contributed by atoms with Gasteiger partial charge in [-0.05, 0) is 44.4 Å². The summed E-state index contributed by atoms with van der Waals surface area (Å²) in [4.78, 5) is 14.8. The lowest BCUT2D eigenvalue weighted by molar-refractivity contribution is -0.145. The zero-order valence-electron chi connectivity index (χ0n) is 14.9. The zero-order valence-corrected chi connectivity index (χ0v) is 15.7. The number of ether oxygens (including phenoxy) is 1. The molecule has 5 heteroatoms. The number of hydrogen-bond donors (Lipinski definition) is 1. The van der Waals surface area contributed by atoms with E-state index >= 15 is 0 Å². The summed E-state index contributed by atoms with van der Waals surface area (Å²) >= 11 is 0. The molecule has 1 aliphatic carbocycles. The van der Waals surface area contributed by atoms with Crippen LogP contribution in [-0.4, -0.2) is 43.2 Å². The number of carbonyl (C=O) groups is 1. The highest BCUT2D eigenvalue weighted by Crippen LogP contribution is 2.30. The van der Waals surface area contributed by atoms with Gasteiger partial charge in [-0.2, -0.15) is 0 Å². The van der Waals surface area contributed by atoms with Crippen LogP contribution < -0.4 is 5.73 Å². The molecule has 1 aliphatic heterocycles. The van der Waals surface area contributed by atoms with E-state index in [1.165, 1.54) is 25.7 Å². The van der Waals surface area contributed by atoms with Crippen molar-refractivity contribution in [3.8, 4) is 0 Å². The Morgan fingerprint density at radius 3 is 2.17 bits per heavy atom. The molecule has 2 rings (SSSR count). The molecule has 2 fully saturated rings. The molecule has 136 valence electrons. The molecule has 0 aromatic rings. The van der Waals surface area contributed by atoms with Crippen LogP contribution in [0.4, 0.5) is 0 Å². The summed E-state index contributed by atoms with van der Waals surface area (Å²) in [5, 5.41) is 0. The molecule has 1 saturated carbocycles. The van der Waals surface area contributed by atoms with E-state index in [-0.39, 0.29) is 23.7 Å². The fourth-order valence-corrected chi connectivity index (χ4v) is 3.94. The Morgan fingerprint density at radius 2 is 1.70 bits per heavy atom. The van der Waals surface area contributed by atoms with Gasteiger partial charge in [0.15, 0.2) is 0 Å². The van der Waals surface area contributed by atoms with Crippen molar-refractivity contribution in [2.45, 2.75) is 71.3 Å². The zero-order chi connectivity index (χ0) is 16.0. The summed E-state index contributed by atoms with van der Waals surface area (Å²) in [6, 6.07) is 0. The van der Waals surface area contributed by atoms with Crippen LogP contribution in [0.15, 0.2) is 0 Å². The Morgan fingerprint density at radius 1 is 1.13 bits per heavy atom. The Hall–Kier alpha value is -0.320. The third-order valence-electron chi connectivity index (χ3n) is 5.97. The normalized spacial score (nSPS) is 20.6. The van der Waals surface area contributed by atoms with Gasteiger partial charge in [-0.25, -0.2) is 0 Å². The lowest BCUT2D eigenvalue weighted by Crippen LogP contribution is -2.51. The second kappa shape index (κ2) is 9.85. The van der Waals surface area contributed by atoms with Crippen molar-refractivity contribution >= 4 is 18.3 Å². The van der Waals surface area contributed by atoms with Crippen LogP contribution in [0.1, 0.15) is 65.2 Å². The highest BCUT2D eigenvalue weighted by Gasteiger charge is 2.38. The largest absolute Gasteiger partial charge is 0.378 e. The molecule has 0 spiro atoms. The van der Waals surface area contributed by atoms with Crippen molar-refractivity contribution < 1.29 is 9.53 Å². The summed E-state index contributed by atoms with van der Waals surface area (Å²) in [5.74, 6) is 1.04. The molecule has 0 aromatic carbocycles. The van der Waals surface area contributed by atoms with Crippen molar-refractivity contribution in [2.24, 2.45) is 17.1 Å². The monoisotopic (exact) mass is 346 g/mol. The smallest absolute Gasteiger partial charge is 0.230 e. The molecule has 0 unspecified atom stereocenters. The number of amides is 1. The lowest BCUT2D eigenvalue weighted by Gasteiger charge is -2.39. The maximum Gasteiger partial charge on any atom is 0.230 e. The van der Waals surface area contributed by atoms with E-state index in [9.17, 15) is 4.79 Å². The van der Waals surface area contributed by atoms with Crippen molar-refractivity contribution in [1.82, 2.24) is 4.90 Å². The first-order valence-corrected chi connectivity index (χ1v) is 9.26. The third kappa shape index (κ3) is 5.07. The average molecular weight is 347 g/mol. The fraction of sp³-hybridized carbons (Fsp3) is 0.944. The number of nitrogens with zero attached hydrogens (tertiary/aromatic N) is 1. The van der Waals surface area contributed by atoms with Crippen LogP contribution in [-0.2, 0) is 9.53 Å². The van der Waals surface area contributed by atoms with E-state index < -0.39 is 0 Å². The average Bonchev–Trinajstić information content (AvgIpc) is 3.09. The Balaban J connectivity index is 0.00000264. The summed E-state index contributed by atoms with van der Waals surface area (Å²) in [5.41, 5.74) is 5.56. The molecule has 23 heavy (non-hydrogen) atoms. The van der Waals surface area contributed by atoms with E-state index in [0.717, 1.165) is 51.3 Å². The summed E-state index contributed by atoms with van der Waals surface area (Å²) < 4.78 is 6.10. The second-order valence-corrected chi connectivity index (χ2v) is 7.17. The van der Waals surface area contributed by atoms with Crippen LogP contribution in [0.2, 0.25) is 0 Å². The predicted octanol–water partition coefficient (Wildman–Crippen LogP) is 3.37. The van der Waals surface area contributed by atoms with Gasteiger partial charge < -0.3 is 15.4 Å². The van der Waals surface area contributed by atoms with Crippen LogP contribution in [0.5, 0.6) is 0 Å². The van der Waals surface area contributed by atoms with Crippen molar-refractivity contribution in [3.05, 3.63) is 0 Å². The summed E-state index contributed by atoms with van der Waals surface area (Å²) in [7, 11) is 0. The van der Waals surface area contributed by atoms with Crippen molar-refractivity contribution in [1.29, 1.82) is 0 Å². The number of hydrogen-bond acceptors (Lipinski definition) is 3. The number of piperidine rings is 1. The molecular formula is C18H35ClN2O2. The van der Waals surface area contributed by atoms with Crippen LogP contribution in [0, 0.1) is 11.3 Å². The van der Waals surface area contributed by atoms with Crippen molar-refractivity contribution in [2.75, 3.05) is 26.2 Å². The van der Waals surface area contributed by atoms with E-state index in [2.05, 4.69) is 13.8 Å². The molecule has 0 aromatic heterocycles. The van der Waals surface area contributed by atoms with Gasteiger partial charge in [0, 0.05) is 26.2 Å². The number of rotatable bonds is 7. The summed E-state index contributed by atoms with van der Waals surface area (Å²) in [6.07, 6.45) is 9.38. The van der Waals surface area contributed by atoms with Crippen LogP contribution in [0.3, 0.4) is 0 Å². The van der Waals surface area contributed by atoms with E-state index in [0.29, 0.717) is 12.6 Å². The first kappa shape index (κ1) is 20.7. The van der Waals surface area contributed by atoms with Crippen LogP contribution >= 0.6 is 12.4 Å². The minimum absolute atomic E-state index is 0. The number of nitrogens with two attached hydrogens (primary N) is 1. The molecule has 2 aliphatic rings. The Kier molecular flexibility index (Phi) is 8.88. The molecule has 4 nitrogen and oxygen atoms in total. The van der Waals surface area contributed by atoms with Crippen molar-refractivity contribution in [3.63, 3.8) is 0 Å². The first-order chi connectivity index (χ1) is 10.6. The minimum Gasteiger partial charge on any atom is -0.378 e. The first-order valence-electron chi connectivity index (χ1n) is 9.26. The predicted molar refractivity (Wildman–Crippen MR) is 96.8 cm³/mol. The van der Waals surface area contributed by atoms with E-state index in [1.54, 1.807) is 0 Å². The van der Waals surface area contributed by atoms with Gasteiger partial charge in [0.25, 0.3) is 0 Å². The molecule has 0 atom stereocenters. The summed E-state index contributed by atoms with van der Waals surface area (Å²) in [6.45, 7) is 7.19. The number of halogens is 1. The van der Waals surface area contributed by atoms with Gasteiger partial charge in [-0.1, -0.05) is 26.7 Å². The molecule has 1 amide bonds. The molecule has 1 heterocycles. The molecular weight excluding hydrogens is 312 g/mol. The van der Waals surface area contributed by atoms with Crippen LogP contribution in [0.25, 0.3) is 0 Å². The molecule has 2 N–H and O–H groups in total. The Labute approximate surface area is 147 Å². The van der Waals surface area contributed by atoms with Gasteiger partial charge in [-0.3, -0.25) is 4.79 Å². The number of likely N-dealkylation sites (tertiary alicyclic amines) is 1. The van der Waals surface area contributed by atoms with Gasteiger partial charge in [-0.15, -0.1) is 12.4 Å². The van der Waals surface area contributed by atoms with Gasteiger partial charge in [0.1, 0.15) is 0 Å². The maximum atomic E-state index is 12.8. The highest BCUT2D eigenvalue weighted by molar-refractivity contribution is 5.85. The van der Waals surface area contributed by atoms with Gasteiger partial charge >= 0.3 is 0 Å². The fourth-order valence-electron chi connectivity index (χ4n) is 3.94. The molecule has 0 radical (unpaired) electrons. The highest BCUT2D eigenvalue weighted by atomic mass is 35.5. The quantitative estimate of drug-likeness (QED) is 0.768. The molecule has 1 saturated heterocycles. The number of carbonyl (C=O) groups excluding carboxylic acids is 1. The third-order valence-corrected chi connectivity index (χ3v) is 5.97. The topological polar surface area (TPSA) is 55.6 Å². The maximum absolute atomic E-state index is 12.8. The van der Waals surface area contributed by atoms with E-state index in [1.807, 2.05) is 4.90 Å². The standard InChI is InChI=1S/C18H34N2O2.ClH/c1-3-18(4-2,14-19)17(21)20-11-9-16(10-12-20)22-13-15-7-5-6-8-15;/h15-16H,3-14,19H2,1-2H3;1H. The van der Waals surface area contributed by atoms with Gasteiger partial charge in [0.2, 0.25) is 5.91 Å². The lowest BCUT2D eigenvalue weighted by atomic mass is 9.80. The second-order valence-electron chi connectivity index (χ2n) is 7.17. The Bertz CT molecular complexity index is 339. The van der Waals surface area contributed by atoms with E-state index in [4.69, 9.17) is 10.5 Å².